The molecule has 0 radical (unpaired) electrons. The normalized spacial score (nSPS) is 15.1. The number of nitrogens with zero attached hydrogens (tertiary/aromatic N) is 3. The molecule has 26 heavy (non-hydrogen) atoms. The van der Waals surface area contributed by atoms with E-state index in [2.05, 4.69) is 5.10 Å². The third kappa shape index (κ3) is 4.50. The molecule has 0 N–H and O–H groups in total. The molecule has 6 heteroatoms. The van der Waals surface area contributed by atoms with Crippen LogP contribution in [0.2, 0.25) is 0 Å². The smallest absolute Gasteiger partial charge is 0.266 e. The third-order valence-corrected chi connectivity index (χ3v) is 4.91. The maximum absolute atomic E-state index is 12.5. The van der Waals surface area contributed by atoms with E-state index >= 15 is 0 Å². The van der Waals surface area contributed by atoms with Crippen LogP contribution >= 0.6 is 0 Å². The Morgan fingerprint density at radius 2 is 1.85 bits per heavy atom. The largest absolute Gasteiger partial charge is 0.497 e. The second-order valence-corrected chi connectivity index (χ2v) is 6.84. The van der Waals surface area contributed by atoms with Gasteiger partial charge in [-0.3, -0.25) is 9.59 Å². The molecule has 138 valence electrons. The first-order chi connectivity index (χ1) is 12.5. The van der Waals surface area contributed by atoms with Gasteiger partial charge in [0.05, 0.1) is 19.2 Å². The Morgan fingerprint density at radius 3 is 2.50 bits per heavy atom. The highest BCUT2D eigenvalue weighted by Gasteiger charge is 2.23. The second kappa shape index (κ2) is 8.17. The molecule has 0 atom stereocenters. The van der Waals surface area contributed by atoms with Crippen LogP contribution in [0.4, 0.5) is 0 Å². The Kier molecular flexibility index (Phi) is 5.71. The van der Waals surface area contributed by atoms with Gasteiger partial charge >= 0.3 is 0 Å². The van der Waals surface area contributed by atoms with E-state index in [0.717, 1.165) is 42.9 Å². The summed E-state index contributed by atoms with van der Waals surface area (Å²) < 4.78 is 6.69. The summed E-state index contributed by atoms with van der Waals surface area (Å²) in [5.41, 5.74) is 1.78. The Labute approximate surface area is 153 Å². The van der Waals surface area contributed by atoms with Crippen molar-refractivity contribution in [2.45, 2.75) is 32.7 Å². The molecule has 2 aromatic rings. The molecule has 0 aliphatic carbocycles. The molecule has 1 saturated heterocycles. The molecular weight excluding hydrogens is 330 g/mol. The monoisotopic (exact) mass is 355 g/mol. The van der Waals surface area contributed by atoms with Crippen LogP contribution in [0.5, 0.6) is 5.75 Å². The van der Waals surface area contributed by atoms with Crippen molar-refractivity contribution in [3.8, 4) is 5.75 Å². The molecule has 0 spiro atoms. The van der Waals surface area contributed by atoms with Crippen molar-refractivity contribution < 1.29 is 9.53 Å². The highest BCUT2D eigenvalue weighted by Crippen LogP contribution is 2.20. The van der Waals surface area contributed by atoms with Gasteiger partial charge in [-0.2, -0.15) is 5.10 Å². The second-order valence-electron chi connectivity index (χ2n) is 6.84. The number of aryl methyl sites for hydroxylation is 1. The number of benzene rings is 1. The predicted molar refractivity (Wildman–Crippen MR) is 99.2 cm³/mol. The van der Waals surface area contributed by atoms with Gasteiger partial charge in [0.15, 0.2) is 0 Å². The number of ether oxygens (including phenoxy) is 1. The zero-order chi connectivity index (χ0) is 18.5. The minimum Gasteiger partial charge on any atom is -0.497 e. The van der Waals surface area contributed by atoms with E-state index in [0.29, 0.717) is 18.9 Å². The van der Waals surface area contributed by atoms with Crippen molar-refractivity contribution >= 4 is 5.91 Å². The predicted octanol–water partition coefficient (Wildman–Crippen LogP) is 2.04. The van der Waals surface area contributed by atoms with E-state index in [9.17, 15) is 9.59 Å². The number of piperidine rings is 1. The zero-order valence-electron chi connectivity index (χ0n) is 15.4. The van der Waals surface area contributed by atoms with E-state index in [4.69, 9.17) is 4.74 Å². The Morgan fingerprint density at radius 1 is 1.15 bits per heavy atom. The summed E-state index contributed by atoms with van der Waals surface area (Å²) >= 11 is 0. The van der Waals surface area contributed by atoms with E-state index in [1.165, 1.54) is 0 Å². The average molecular weight is 355 g/mol. The van der Waals surface area contributed by atoms with E-state index in [-0.39, 0.29) is 11.5 Å². The van der Waals surface area contributed by atoms with Crippen LogP contribution in [-0.4, -0.2) is 40.8 Å². The highest BCUT2D eigenvalue weighted by atomic mass is 16.5. The first-order valence-electron chi connectivity index (χ1n) is 9.00. The molecule has 1 amide bonds. The number of carbonyl (C=O) groups excluding carboxylic acids is 1. The number of methoxy groups -OCH3 is 1. The number of hydrogen-bond acceptors (Lipinski definition) is 4. The lowest BCUT2D eigenvalue weighted by atomic mass is 9.96. The van der Waals surface area contributed by atoms with Gasteiger partial charge < -0.3 is 9.64 Å². The van der Waals surface area contributed by atoms with Crippen LogP contribution in [0.15, 0.2) is 41.2 Å². The first kappa shape index (κ1) is 18.2. The molecule has 0 unspecified atom stereocenters. The van der Waals surface area contributed by atoms with Crippen LogP contribution in [0.1, 0.15) is 24.1 Å². The Hall–Kier alpha value is -2.63. The van der Waals surface area contributed by atoms with Crippen LogP contribution < -0.4 is 10.3 Å². The van der Waals surface area contributed by atoms with Crippen LogP contribution in [-0.2, 0) is 17.8 Å². The van der Waals surface area contributed by atoms with Crippen molar-refractivity contribution in [1.82, 2.24) is 14.7 Å². The molecule has 3 rings (SSSR count). The maximum atomic E-state index is 12.5. The minimum atomic E-state index is -0.0615. The molecule has 1 aliphatic heterocycles. The van der Waals surface area contributed by atoms with Crippen molar-refractivity contribution in [1.29, 1.82) is 0 Å². The molecule has 1 aromatic carbocycles. The van der Waals surface area contributed by atoms with Gasteiger partial charge in [-0.25, -0.2) is 4.68 Å². The number of likely N-dealkylation sites (tertiary alicyclic amines) is 1. The fourth-order valence-corrected chi connectivity index (χ4v) is 3.32. The van der Waals surface area contributed by atoms with Gasteiger partial charge in [0.1, 0.15) is 5.75 Å². The third-order valence-electron chi connectivity index (χ3n) is 4.91. The van der Waals surface area contributed by atoms with Crippen LogP contribution in [0.3, 0.4) is 0 Å². The van der Waals surface area contributed by atoms with Gasteiger partial charge in [-0.1, -0.05) is 12.1 Å². The molecule has 2 heterocycles. The fraction of sp³-hybridized carbons (Fsp3) is 0.450. The zero-order valence-corrected chi connectivity index (χ0v) is 15.4. The van der Waals surface area contributed by atoms with Crippen molar-refractivity contribution in [3.63, 3.8) is 0 Å². The SMILES string of the molecule is COc1ccc(CC(=O)N2CCC(Cn3nc(C)ccc3=O)CC2)cc1. The summed E-state index contributed by atoms with van der Waals surface area (Å²) in [6, 6.07) is 10.9. The summed E-state index contributed by atoms with van der Waals surface area (Å²) in [5, 5.41) is 4.30. The molecule has 1 aromatic heterocycles. The molecule has 6 nitrogen and oxygen atoms in total. The van der Waals surface area contributed by atoms with Crippen molar-refractivity contribution in [3.05, 3.63) is 58.0 Å². The molecule has 0 bridgehead atoms. The summed E-state index contributed by atoms with van der Waals surface area (Å²) in [4.78, 5) is 26.3. The number of hydrogen-bond donors (Lipinski definition) is 0. The molecule has 1 fully saturated rings. The molecule has 0 saturated carbocycles. The lowest BCUT2D eigenvalue weighted by molar-refractivity contribution is -0.131. The number of amides is 1. The summed E-state index contributed by atoms with van der Waals surface area (Å²) in [5.74, 6) is 1.33. The van der Waals surface area contributed by atoms with Crippen molar-refractivity contribution in [2.75, 3.05) is 20.2 Å². The minimum absolute atomic E-state index is 0.0615. The van der Waals surface area contributed by atoms with Gasteiger partial charge in [0.25, 0.3) is 5.56 Å². The first-order valence-corrected chi connectivity index (χ1v) is 9.00. The maximum Gasteiger partial charge on any atom is 0.266 e. The molecule has 1 aliphatic rings. The Balaban J connectivity index is 1.51. The highest BCUT2D eigenvalue weighted by molar-refractivity contribution is 5.78. The topological polar surface area (TPSA) is 64.4 Å². The quantitative estimate of drug-likeness (QED) is 0.823. The number of carbonyl (C=O) groups is 1. The van der Waals surface area contributed by atoms with Crippen molar-refractivity contribution in [2.24, 2.45) is 5.92 Å². The standard InChI is InChI=1S/C20H25N3O3/c1-15-3-8-19(24)23(21-15)14-17-9-11-22(12-10-17)20(25)13-16-4-6-18(26-2)7-5-16/h3-8,17H,9-14H2,1-2H3. The van der Waals surface area contributed by atoms with E-state index in [1.54, 1.807) is 23.9 Å². The van der Waals surface area contributed by atoms with E-state index < -0.39 is 0 Å². The number of rotatable bonds is 5. The van der Waals surface area contributed by atoms with Gasteiger partial charge in [-0.15, -0.1) is 0 Å². The lowest BCUT2D eigenvalue weighted by Gasteiger charge is -2.32. The van der Waals surface area contributed by atoms with Gasteiger partial charge in [0, 0.05) is 25.7 Å². The number of aromatic nitrogens is 2. The molecular formula is C20H25N3O3. The summed E-state index contributed by atoms with van der Waals surface area (Å²) in [6.07, 6.45) is 2.21. The average Bonchev–Trinajstić information content (AvgIpc) is 2.66. The lowest BCUT2D eigenvalue weighted by Crippen LogP contribution is -2.41. The van der Waals surface area contributed by atoms with Crippen LogP contribution in [0, 0.1) is 12.8 Å². The van der Waals surface area contributed by atoms with Crippen LogP contribution in [0.25, 0.3) is 0 Å². The summed E-state index contributed by atoms with van der Waals surface area (Å²) in [6.45, 7) is 3.98. The fourth-order valence-electron chi connectivity index (χ4n) is 3.32. The van der Waals surface area contributed by atoms with E-state index in [1.807, 2.05) is 36.1 Å². The van der Waals surface area contributed by atoms with Gasteiger partial charge in [0.2, 0.25) is 5.91 Å². The summed E-state index contributed by atoms with van der Waals surface area (Å²) in [7, 11) is 1.63. The Bertz CT molecular complexity index is 806. The van der Waals surface area contributed by atoms with Gasteiger partial charge in [-0.05, 0) is 49.4 Å².